The number of benzene rings is 2. The molecule has 2 aromatic carbocycles. The number of rotatable bonds is 13. The van der Waals surface area contributed by atoms with Gasteiger partial charge in [0, 0.05) is 18.4 Å². The Labute approximate surface area is 179 Å². The smallest absolute Gasteiger partial charge is 0.311 e. The lowest BCUT2D eigenvalue weighted by Gasteiger charge is -2.04. The summed E-state index contributed by atoms with van der Waals surface area (Å²) in [7, 11) is 0. The number of unbranched alkanes of at least 4 members (excludes halogenated alkanes) is 6. The third-order valence-electron chi connectivity index (χ3n) is 4.84. The maximum Gasteiger partial charge on any atom is 0.311 e. The molecule has 0 atom stereocenters. The number of hydrogen-bond acceptors (Lipinski definition) is 5. The van der Waals surface area contributed by atoms with E-state index in [0.29, 0.717) is 35.5 Å². The molecule has 5 nitrogen and oxygen atoms in total. The number of carbonyl (C=O) groups is 2. The highest BCUT2D eigenvalue weighted by Gasteiger charge is 2.05. The van der Waals surface area contributed by atoms with Crippen molar-refractivity contribution in [2.75, 3.05) is 0 Å². The van der Waals surface area contributed by atoms with Crippen LogP contribution in [0.15, 0.2) is 58.8 Å². The summed E-state index contributed by atoms with van der Waals surface area (Å²) >= 11 is 0. The van der Waals surface area contributed by atoms with Crippen LogP contribution in [0.5, 0.6) is 5.75 Å². The van der Waals surface area contributed by atoms with Crippen molar-refractivity contribution in [1.29, 1.82) is 0 Å². The molecule has 0 spiro atoms. The summed E-state index contributed by atoms with van der Waals surface area (Å²) in [5.74, 6) is 0.430. The zero-order valence-electron chi connectivity index (χ0n) is 18.1. The van der Waals surface area contributed by atoms with Crippen molar-refractivity contribution in [1.82, 2.24) is 0 Å². The van der Waals surface area contributed by atoms with Gasteiger partial charge in [0.2, 0.25) is 0 Å². The fourth-order valence-corrected chi connectivity index (χ4v) is 3.02. The summed E-state index contributed by atoms with van der Waals surface area (Å²) < 4.78 is 5.38. The number of ketones is 1. The quantitative estimate of drug-likeness (QED) is 0.112. The molecule has 0 amide bonds. The Bertz CT molecular complexity index is 811. The average Bonchev–Trinajstić information content (AvgIpc) is 2.78. The van der Waals surface area contributed by atoms with E-state index in [0.717, 1.165) is 12.8 Å². The minimum absolute atomic E-state index is 0.107. The number of hydrogen-bond donors (Lipinski definition) is 0. The van der Waals surface area contributed by atoms with Crippen LogP contribution in [0.25, 0.3) is 0 Å². The maximum atomic E-state index is 12.0. The van der Waals surface area contributed by atoms with Crippen molar-refractivity contribution in [3.63, 3.8) is 0 Å². The number of carbonyl (C=O) groups excluding carboxylic acids is 2. The molecular weight excluding hydrogens is 376 g/mol. The van der Waals surface area contributed by atoms with Crippen LogP contribution in [-0.4, -0.2) is 11.8 Å². The first-order chi connectivity index (χ1) is 14.6. The van der Waals surface area contributed by atoms with Gasteiger partial charge in [-0.05, 0) is 55.0 Å². The van der Waals surface area contributed by atoms with Crippen molar-refractivity contribution < 1.29 is 14.3 Å². The normalized spacial score (nSPS) is 11.0. The van der Waals surface area contributed by atoms with Gasteiger partial charge in [-0.25, -0.2) is 0 Å². The SMILES string of the molecule is CCCCCCCCCC(=O)Oc1ccc(N=Nc2ccc(C(=O)CC)cc2)cc1. The van der Waals surface area contributed by atoms with Crippen LogP contribution < -0.4 is 4.74 Å². The largest absolute Gasteiger partial charge is 0.427 e. The first-order valence-electron chi connectivity index (χ1n) is 11.0. The second-order valence-electron chi connectivity index (χ2n) is 7.36. The van der Waals surface area contributed by atoms with Crippen LogP contribution >= 0.6 is 0 Å². The Morgan fingerprint density at radius 3 is 1.83 bits per heavy atom. The molecule has 0 saturated carbocycles. The van der Waals surface area contributed by atoms with Crippen LogP contribution in [0.2, 0.25) is 0 Å². The molecule has 0 saturated heterocycles. The summed E-state index contributed by atoms with van der Waals surface area (Å²) in [5, 5.41) is 8.36. The Kier molecular flexibility index (Phi) is 10.5. The van der Waals surface area contributed by atoms with Crippen LogP contribution in [0.3, 0.4) is 0 Å². The molecule has 2 aromatic rings. The van der Waals surface area contributed by atoms with E-state index in [-0.39, 0.29) is 11.8 Å². The predicted molar refractivity (Wildman–Crippen MR) is 120 cm³/mol. The van der Waals surface area contributed by atoms with Crippen molar-refractivity contribution in [2.24, 2.45) is 10.2 Å². The number of ether oxygens (including phenoxy) is 1. The number of azo groups is 1. The van der Waals surface area contributed by atoms with Crippen LogP contribution in [0.4, 0.5) is 11.4 Å². The van der Waals surface area contributed by atoms with E-state index in [1.54, 1.807) is 48.5 Å². The van der Waals surface area contributed by atoms with E-state index in [4.69, 9.17) is 4.74 Å². The van der Waals surface area contributed by atoms with Gasteiger partial charge >= 0.3 is 5.97 Å². The van der Waals surface area contributed by atoms with Gasteiger partial charge in [-0.1, -0.05) is 52.4 Å². The highest BCUT2D eigenvalue weighted by atomic mass is 16.5. The van der Waals surface area contributed by atoms with E-state index in [9.17, 15) is 9.59 Å². The molecular formula is C25H32N2O3. The molecule has 5 heteroatoms. The first-order valence-corrected chi connectivity index (χ1v) is 11.0. The molecule has 0 N–H and O–H groups in total. The van der Waals surface area contributed by atoms with Gasteiger partial charge in [-0.2, -0.15) is 10.2 Å². The molecule has 30 heavy (non-hydrogen) atoms. The fourth-order valence-electron chi connectivity index (χ4n) is 3.02. The molecule has 2 rings (SSSR count). The maximum absolute atomic E-state index is 12.0. The van der Waals surface area contributed by atoms with Crippen molar-refractivity contribution in [3.05, 3.63) is 54.1 Å². The Morgan fingerprint density at radius 2 is 1.27 bits per heavy atom. The molecule has 0 heterocycles. The van der Waals surface area contributed by atoms with E-state index in [2.05, 4.69) is 17.2 Å². The number of esters is 1. The molecule has 0 aliphatic carbocycles. The van der Waals surface area contributed by atoms with Gasteiger partial charge in [0.1, 0.15) is 5.75 Å². The van der Waals surface area contributed by atoms with Crippen LogP contribution in [0.1, 0.15) is 82.0 Å². The van der Waals surface area contributed by atoms with E-state index in [1.165, 1.54) is 32.1 Å². The number of nitrogens with zero attached hydrogens (tertiary/aromatic N) is 2. The monoisotopic (exact) mass is 408 g/mol. The average molecular weight is 409 g/mol. The molecule has 0 aromatic heterocycles. The molecule has 160 valence electrons. The minimum Gasteiger partial charge on any atom is -0.427 e. The Balaban J connectivity index is 1.74. The number of Topliss-reactive ketones (excluding diaryl/α,β-unsaturated/α-hetero) is 1. The lowest BCUT2D eigenvalue weighted by Crippen LogP contribution is -2.07. The van der Waals surface area contributed by atoms with Crippen molar-refractivity contribution >= 4 is 23.1 Å². The highest BCUT2D eigenvalue weighted by molar-refractivity contribution is 5.96. The Morgan fingerprint density at radius 1 is 0.733 bits per heavy atom. The standard InChI is InChI=1S/C25H32N2O3/c1-3-5-6-7-8-9-10-11-25(29)30-23-18-16-22(17-19-23)27-26-21-14-12-20(13-15-21)24(28)4-2/h12-19H,3-11H2,1-2H3. The zero-order chi connectivity index (χ0) is 21.6. The lowest BCUT2D eigenvalue weighted by atomic mass is 10.1. The molecule has 0 aliphatic heterocycles. The predicted octanol–water partition coefficient (Wildman–Crippen LogP) is 7.74. The minimum atomic E-state index is -0.195. The second-order valence-corrected chi connectivity index (χ2v) is 7.36. The van der Waals surface area contributed by atoms with E-state index < -0.39 is 0 Å². The lowest BCUT2D eigenvalue weighted by molar-refractivity contribution is -0.134. The summed E-state index contributed by atoms with van der Waals surface area (Å²) in [6, 6.07) is 14.0. The third kappa shape index (κ3) is 8.68. The van der Waals surface area contributed by atoms with E-state index in [1.807, 2.05) is 6.92 Å². The molecule has 0 fully saturated rings. The van der Waals surface area contributed by atoms with Crippen LogP contribution in [-0.2, 0) is 4.79 Å². The van der Waals surface area contributed by atoms with Gasteiger partial charge in [0.25, 0.3) is 0 Å². The van der Waals surface area contributed by atoms with E-state index >= 15 is 0 Å². The molecule has 0 unspecified atom stereocenters. The van der Waals surface area contributed by atoms with Gasteiger partial charge in [0.15, 0.2) is 5.78 Å². The van der Waals surface area contributed by atoms with Gasteiger partial charge in [0.05, 0.1) is 11.4 Å². The topological polar surface area (TPSA) is 68.1 Å². The Hall–Kier alpha value is -2.82. The molecule has 0 bridgehead atoms. The summed E-state index contributed by atoms with van der Waals surface area (Å²) in [5.41, 5.74) is 2.02. The van der Waals surface area contributed by atoms with Crippen LogP contribution in [0, 0.1) is 0 Å². The zero-order valence-corrected chi connectivity index (χ0v) is 18.1. The molecule has 0 radical (unpaired) electrons. The van der Waals surface area contributed by atoms with Crippen molar-refractivity contribution in [3.8, 4) is 5.75 Å². The van der Waals surface area contributed by atoms with Gasteiger partial charge < -0.3 is 4.74 Å². The summed E-state index contributed by atoms with van der Waals surface area (Å²) in [6.07, 6.45) is 9.15. The summed E-state index contributed by atoms with van der Waals surface area (Å²) in [6.45, 7) is 4.05. The van der Waals surface area contributed by atoms with Crippen molar-refractivity contribution in [2.45, 2.75) is 71.6 Å². The van der Waals surface area contributed by atoms with Gasteiger partial charge in [-0.3, -0.25) is 9.59 Å². The first kappa shape index (κ1) is 23.5. The molecule has 0 aliphatic rings. The van der Waals surface area contributed by atoms with Gasteiger partial charge in [-0.15, -0.1) is 0 Å². The third-order valence-corrected chi connectivity index (χ3v) is 4.84. The summed E-state index contributed by atoms with van der Waals surface area (Å²) in [4.78, 5) is 23.6. The fraction of sp³-hybridized carbons (Fsp3) is 0.440. The highest BCUT2D eigenvalue weighted by Crippen LogP contribution is 2.22. The second kappa shape index (κ2) is 13.4.